The van der Waals surface area contributed by atoms with Gasteiger partial charge >= 0.3 is 0 Å². The van der Waals surface area contributed by atoms with E-state index in [4.69, 9.17) is 22.1 Å². The van der Waals surface area contributed by atoms with Crippen LogP contribution in [-0.2, 0) is 6.42 Å². The predicted molar refractivity (Wildman–Crippen MR) is 75.2 cm³/mol. The van der Waals surface area contributed by atoms with Crippen LogP contribution in [-0.4, -0.2) is 6.04 Å². The average Bonchev–Trinajstić information content (AvgIpc) is 2.38. The van der Waals surface area contributed by atoms with Crippen LogP contribution < -0.4 is 10.5 Å². The third-order valence-corrected chi connectivity index (χ3v) is 3.07. The molecule has 0 aliphatic heterocycles. The van der Waals surface area contributed by atoms with E-state index in [2.05, 4.69) is 0 Å². The fourth-order valence-electron chi connectivity index (χ4n) is 1.82. The summed E-state index contributed by atoms with van der Waals surface area (Å²) >= 11 is 6.13. The van der Waals surface area contributed by atoms with Crippen LogP contribution in [0.3, 0.4) is 0 Å². The Morgan fingerprint density at radius 2 is 1.95 bits per heavy atom. The highest BCUT2D eigenvalue weighted by molar-refractivity contribution is 6.31. The van der Waals surface area contributed by atoms with Gasteiger partial charge in [-0.05, 0) is 37.6 Å². The minimum atomic E-state index is -0.960. The lowest BCUT2D eigenvalue weighted by Crippen LogP contribution is -2.18. The van der Waals surface area contributed by atoms with Gasteiger partial charge in [0.25, 0.3) is 0 Å². The van der Waals surface area contributed by atoms with Crippen molar-refractivity contribution in [2.45, 2.75) is 19.4 Å². The number of halogens is 3. The molecule has 5 heteroatoms. The first kappa shape index (κ1) is 14.8. The molecule has 2 nitrogen and oxygen atoms in total. The van der Waals surface area contributed by atoms with Crippen molar-refractivity contribution in [3.63, 3.8) is 0 Å². The predicted octanol–water partition coefficient (Wildman–Crippen LogP) is 4.30. The maximum Gasteiger partial charge on any atom is 0.162 e. The van der Waals surface area contributed by atoms with Crippen molar-refractivity contribution in [3.8, 4) is 11.5 Å². The van der Waals surface area contributed by atoms with Crippen LogP contribution in [0.25, 0.3) is 0 Å². The smallest absolute Gasteiger partial charge is 0.162 e. The molecule has 0 fully saturated rings. The molecule has 2 N–H and O–H groups in total. The van der Waals surface area contributed by atoms with Gasteiger partial charge < -0.3 is 10.5 Å². The van der Waals surface area contributed by atoms with E-state index in [1.807, 2.05) is 6.92 Å². The monoisotopic (exact) mass is 297 g/mol. The van der Waals surface area contributed by atoms with Crippen LogP contribution in [0.15, 0.2) is 36.4 Å². The quantitative estimate of drug-likeness (QED) is 0.913. The maximum atomic E-state index is 13.2. The van der Waals surface area contributed by atoms with Crippen molar-refractivity contribution in [1.82, 2.24) is 0 Å². The van der Waals surface area contributed by atoms with Gasteiger partial charge in [-0.25, -0.2) is 8.78 Å². The molecule has 2 aromatic rings. The lowest BCUT2D eigenvalue weighted by atomic mass is 10.1. The molecule has 0 aliphatic rings. The minimum Gasteiger partial charge on any atom is -0.457 e. The highest BCUT2D eigenvalue weighted by atomic mass is 35.5. The molecule has 0 amide bonds. The third kappa shape index (κ3) is 3.46. The van der Waals surface area contributed by atoms with Crippen molar-refractivity contribution >= 4 is 11.6 Å². The fourth-order valence-corrected chi connectivity index (χ4v) is 2.06. The maximum absolute atomic E-state index is 13.2. The Morgan fingerprint density at radius 1 is 1.20 bits per heavy atom. The Labute approximate surface area is 121 Å². The van der Waals surface area contributed by atoms with E-state index in [9.17, 15) is 8.78 Å². The van der Waals surface area contributed by atoms with Gasteiger partial charge in [0, 0.05) is 22.7 Å². The first-order chi connectivity index (χ1) is 9.47. The van der Waals surface area contributed by atoms with Crippen molar-refractivity contribution in [1.29, 1.82) is 0 Å². The Bertz CT molecular complexity index is 617. The van der Waals surface area contributed by atoms with Crippen molar-refractivity contribution in [2.24, 2.45) is 5.73 Å². The van der Waals surface area contributed by atoms with Crippen molar-refractivity contribution < 1.29 is 13.5 Å². The molecule has 1 unspecified atom stereocenters. The molecule has 0 saturated heterocycles. The number of rotatable bonds is 4. The second-order valence-electron chi connectivity index (χ2n) is 4.58. The van der Waals surface area contributed by atoms with Crippen LogP contribution in [0.1, 0.15) is 12.5 Å². The summed E-state index contributed by atoms with van der Waals surface area (Å²) in [6.07, 6.45) is 0.526. The SMILES string of the molecule is CC(N)Cc1c(Cl)cccc1Oc1ccc(F)c(F)c1. The molecule has 0 spiro atoms. The summed E-state index contributed by atoms with van der Waals surface area (Å²) in [7, 11) is 0. The van der Waals surface area contributed by atoms with E-state index in [0.717, 1.165) is 17.7 Å². The lowest BCUT2D eigenvalue weighted by Gasteiger charge is -2.14. The van der Waals surface area contributed by atoms with E-state index in [0.29, 0.717) is 17.2 Å². The zero-order valence-electron chi connectivity index (χ0n) is 10.9. The van der Waals surface area contributed by atoms with Gasteiger partial charge in [-0.1, -0.05) is 17.7 Å². The summed E-state index contributed by atoms with van der Waals surface area (Å²) in [5, 5.41) is 0.530. The lowest BCUT2D eigenvalue weighted by molar-refractivity contribution is 0.456. The molecule has 20 heavy (non-hydrogen) atoms. The van der Waals surface area contributed by atoms with Crippen molar-refractivity contribution in [3.05, 3.63) is 58.6 Å². The summed E-state index contributed by atoms with van der Waals surface area (Å²) in [5.41, 5.74) is 6.52. The molecule has 0 saturated carbocycles. The first-order valence-electron chi connectivity index (χ1n) is 6.13. The zero-order chi connectivity index (χ0) is 14.7. The summed E-state index contributed by atoms with van der Waals surface area (Å²) in [5.74, 6) is -1.18. The Balaban J connectivity index is 2.32. The molecule has 1 atom stereocenters. The Morgan fingerprint density at radius 3 is 2.60 bits per heavy atom. The largest absolute Gasteiger partial charge is 0.457 e. The Hall–Kier alpha value is -1.65. The molecule has 2 rings (SSSR count). The summed E-state index contributed by atoms with van der Waals surface area (Å²) < 4.78 is 31.6. The van der Waals surface area contributed by atoms with Gasteiger partial charge in [-0.3, -0.25) is 0 Å². The second kappa shape index (κ2) is 6.20. The summed E-state index contributed by atoms with van der Waals surface area (Å²) in [4.78, 5) is 0. The van der Waals surface area contributed by atoms with E-state index >= 15 is 0 Å². The van der Waals surface area contributed by atoms with E-state index < -0.39 is 11.6 Å². The molecule has 0 aliphatic carbocycles. The number of hydrogen-bond acceptors (Lipinski definition) is 2. The first-order valence-corrected chi connectivity index (χ1v) is 6.51. The number of nitrogens with two attached hydrogens (primary N) is 1. The normalized spacial score (nSPS) is 12.2. The average molecular weight is 298 g/mol. The number of ether oxygens (including phenoxy) is 1. The van der Waals surface area contributed by atoms with Crippen LogP contribution in [0.5, 0.6) is 11.5 Å². The van der Waals surface area contributed by atoms with Gasteiger partial charge in [0.05, 0.1) is 0 Å². The third-order valence-electron chi connectivity index (χ3n) is 2.72. The van der Waals surface area contributed by atoms with Gasteiger partial charge in [0.15, 0.2) is 11.6 Å². The van der Waals surface area contributed by atoms with Crippen molar-refractivity contribution in [2.75, 3.05) is 0 Å². The van der Waals surface area contributed by atoms with Crippen LogP contribution >= 0.6 is 11.6 Å². The molecule has 0 heterocycles. The van der Waals surface area contributed by atoms with Crippen LogP contribution in [0.2, 0.25) is 5.02 Å². The van der Waals surface area contributed by atoms with Gasteiger partial charge in [-0.15, -0.1) is 0 Å². The highest BCUT2D eigenvalue weighted by Crippen LogP contribution is 2.31. The second-order valence-corrected chi connectivity index (χ2v) is 4.98. The summed E-state index contributed by atoms with van der Waals surface area (Å²) in [6.45, 7) is 1.85. The van der Waals surface area contributed by atoms with E-state index in [1.165, 1.54) is 6.07 Å². The molecule has 2 aromatic carbocycles. The van der Waals surface area contributed by atoms with Gasteiger partial charge in [0.1, 0.15) is 11.5 Å². The summed E-state index contributed by atoms with van der Waals surface area (Å²) in [6, 6.07) is 8.44. The number of hydrogen-bond donors (Lipinski definition) is 1. The minimum absolute atomic E-state index is 0.0952. The molecule has 0 bridgehead atoms. The Kier molecular flexibility index (Phi) is 4.57. The molecular formula is C15H14ClF2NO. The van der Waals surface area contributed by atoms with Crippen LogP contribution in [0.4, 0.5) is 8.78 Å². The molecule has 0 aromatic heterocycles. The zero-order valence-corrected chi connectivity index (χ0v) is 11.6. The van der Waals surface area contributed by atoms with Crippen LogP contribution in [0, 0.1) is 11.6 Å². The number of benzene rings is 2. The van der Waals surface area contributed by atoms with E-state index in [1.54, 1.807) is 18.2 Å². The standard InChI is InChI=1S/C15H14ClF2NO/c1-9(19)7-11-12(16)3-2-4-15(11)20-10-5-6-13(17)14(18)8-10/h2-6,8-9H,7,19H2,1H3. The molecule has 0 radical (unpaired) electrons. The highest BCUT2D eigenvalue weighted by Gasteiger charge is 2.12. The fraction of sp³-hybridized carbons (Fsp3) is 0.200. The molecule has 106 valence electrons. The molecular weight excluding hydrogens is 284 g/mol. The topological polar surface area (TPSA) is 35.2 Å². The van der Waals surface area contributed by atoms with Gasteiger partial charge in [-0.2, -0.15) is 0 Å². The van der Waals surface area contributed by atoms with Gasteiger partial charge in [0.2, 0.25) is 0 Å². The van der Waals surface area contributed by atoms with E-state index in [-0.39, 0.29) is 11.8 Å².